The summed E-state index contributed by atoms with van der Waals surface area (Å²) in [4.78, 5) is 10.7. The quantitative estimate of drug-likeness (QED) is 0.389. The molecule has 0 bridgehead atoms. The van der Waals surface area contributed by atoms with Crippen LogP contribution < -0.4 is 0 Å². The first-order valence-electron chi connectivity index (χ1n) is 3.79. The summed E-state index contributed by atoms with van der Waals surface area (Å²) < 4.78 is 4.62. The summed E-state index contributed by atoms with van der Waals surface area (Å²) in [5.74, 6) is -0.417. The molecule has 0 aliphatic rings. The van der Waals surface area contributed by atoms with Gasteiger partial charge in [0.05, 0.1) is 12.7 Å². The van der Waals surface area contributed by atoms with Crippen LogP contribution in [0.5, 0.6) is 0 Å². The third-order valence-corrected chi connectivity index (χ3v) is 1.26. The Morgan fingerprint density at radius 1 is 1.67 bits per heavy atom. The molecule has 0 aromatic carbocycles. The van der Waals surface area contributed by atoms with Gasteiger partial charge in [-0.15, -0.1) is 0 Å². The second kappa shape index (κ2) is 5.55. The van der Waals surface area contributed by atoms with Gasteiger partial charge in [-0.2, -0.15) is 0 Å². The molecule has 0 aliphatic carbocycles. The first-order valence-corrected chi connectivity index (χ1v) is 3.79. The van der Waals surface area contributed by atoms with E-state index in [-0.39, 0.29) is 0 Å². The van der Waals surface area contributed by atoms with Gasteiger partial charge in [0.1, 0.15) is 0 Å². The molecule has 0 saturated carbocycles. The van der Waals surface area contributed by atoms with Crippen LogP contribution in [0.2, 0.25) is 0 Å². The SMILES string of the molecule is C=C(/C=C/C(=O)OCC)[C@H](C)O. The molecule has 0 saturated heterocycles. The molecule has 0 aromatic heterocycles. The smallest absolute Gasteiger partial charge is 0.330 e. The molecule has 0 aliphatic heterocycles. The predicted molar refractivity (Wildman–Crippen MR) is 46.6 cm³/mol. The van der Waals surface area contributed by atoms with E-state index < -0.39 is 12.1 Å². The highest BCUT2D eigenvalue weighted by molar-refractivity contribution is 5.82. The number of ether oxygens (including phenoxy) is 1. The van der Waals surface area contributed by atoms with E-state index in [0.29, 0.717) is 12.2 Å². The van der Waals surface area contributed by atoms with Gasteiger partial charge in [0.2, 0.25) is 0 Å². The minimum absolute atomic E-state index is 0.352. The molecule has 0 amide bonds. The fraction of sp³-hybridized carbons (Fsp3) is 0.444. The average molecular weight is 170 g/mol. The fourth-order valence-corrected chi connectivity index (χ4v) is 0.505. The van der Waals surface area contributed by atoms with Crippen LogP contribution in [0, 0.1) is 0 Å². The minimum Gasteiger partial charge on any atom is -0.463 e. The van der Waals surface area contributed by atoms with Crippen molar-refractivity contribution in [2.45, 2.75) is 20.0 Å². The lowest BCUT2D eigenvalue weighted by molar-refractivity contribution is -0.137. The van der Waals surface area contributed by atoms with E-state index in [0.717, 1.165) is 0 Å². The Morgan fingerprint density at radius 3 is 2.67 bits per heavy atom. The van der Waals surface area contributed by atoms with Crippen LogP contribution in [-0.2, 0) is 9.53 Å². The molecule has 0 fully saturated rings. The van der Waals surface area contributed by atoms with Crippen LogP contribution in [0.25, 0.3) is 0 Å². The van der Waals surface area contributed by atoms with Crippen LogP contribution in [-0.4, -0.2) is 23.8 Å². The second-order valence-electron chi connectivity index (χ2n) is 2.34. The molecule has 0 spiro atoms. The van der Waals surface area contributed by atoms with Gasteiger partial charge in [-0.1, -0.05) is 6.58 Å². The van der Waals surface area contributed by atoms with E-state index in [1.165, 1.54) is 12.2 Å². The summed E-state index contributed by atoms with van der Waals surface area (Å²) in [6.07, 6.45) is 2.07. The predicted octanol–water partition coefficient (Wildman–Crippen LogP) is 1.04. The molecule has 0 rings (SSSR count). The van der Waals surface area contributed by atoms with Gasteiger partial charge in [0.15, 0.2) is 0 Å². The van der Waals surface area contributed by atoms with Gasteiger partial charge in [0, 0.05) is 6.08 Å². The number of esters is 1. The monoisotopic (exact) mass is 170 g/mol. The Balaban J connectivity index is 3.90. The van der Waals surface area contributed by atoms with Crippen molar-refractivity contribution >= 4 is 5.97 Å². The molecule has 0 radical (unpaired) electrons. The van der Waals surface area contributed by atoms with Crippen molar-refractivity contribution in [1.82, 2.24) is 0 Å². The number of carbonyl (C=O) groups excluding carboxylic acids is 1. The van der Waals surface area contributed by atoms with Gasteiger partial charge >= 0.3 is 5.97 Å². The maximum absolute atomic E-state index is 10.7. The van der Waals surface area contributed by atoms with Crippen LogP contribution in [0.3, 0.4) is 0 Å². The van der Waals surface area contributed by atoms with Crippen molar-refractivity contribution in [3.8, 4) is 0 Å². The molecule has 3 nitrogen and oxygen atoms in total. The summed E-state index contributed by atoms with van der Waals surface area (Å²) in [5.41, 5.74) is 0.489. The molecule has 12 heavy (non-hydrogen) atoms. The van der Waals surface area contributed by atoms with Crippen molar-refractivity contribution in [1.29, 1.82) is 0 Å². The zero-order valence-electron chi connectivity index (χ0n) is 7.41. The Bertz CT molecular complexity index is 192. The molecule has 0 unspecified atom stereocenters. The van der Waals surface area contributed by atoms with Crippen LogP contribution in [0.4, 0.5) is 0 Å². The van der Waals surface area contributed by atoms with Gasteiger partial charge in [0.25, 0.3) is 0 Å². The molecule has 1 atom stereocenters. The molecule has 68 valence electrons. The second-order valence-corrected chi connectivity index (χ2v) is 2.34. The highest BCUT2D eigenvalue weighted by atomic mass is 16.5. The Labute approximate surface area is 72.3 Å². The first kappa shape index (κ1) is 10.9. The summed E-state index contributed by atoms with van der Waals surface area (Å²) in [6.45, 7) is 7.21. The summed E-state index contributed by atoms with van der Waals surface area (Å²) in [6, 6.07) is 0. The van der Waals surface area contributed by atoms with E-state index in [1.54, 1.807) is 13.8 Å². The van der Waals surface area contributed by atoms with Crippen molar-refractivity contribution in [3.05, 3.63) is 24.3 Å². The lowest BCUT2D eigenvalue weighted by Gasteiger charge is -2.01. The average Bonchev–Trinajstić information content (AvgIpc) is 2.00. The summed E-state index contributed by atoms with van der Waals surface area (Å²) in [5, 5.41) is 8.96. The van der Waals surface area contributed by atoms with E-state index in [1.807, 2.05) is 0 Å². The molecule has 1 N–H and O–H groups in total. The Hall–Kier alpha value is -1.09. The highest BCUT2D eigenvalue weighted by Crippen LogP contribution is 1.99. The number of carbonyl (C=O) groups is 1. The number of aliphatic hydroxyl groups is 1. The van der Waals surface area contributed by atoms with Crippen LogP contribution >= 0.6 is 0 Å². The third-order valence-electron chi connectivity index (χ3n) is 1.26. The normalized spacial score (nSPS) is 12.9. The molecule has 0 aromatic rings. The van der Waals surface area contributed by atoms with E-state index in [9.17, 15) is 4.79 Å². The van der Waals surface area contributed by atoms with Crippen molar-refractivity contribution in [3.63, 3.8) is 0 Å². The zero-order valence-corrected chi connectivity index (χ0v) is 7.41. The largest absolute Gasteiger partial charge is 0.463 e. The van der Waals surface area contributed by atoms with Gasteiger partial charge in [-0.25, -0.2) is 4.79 Å². The summed E-state index contributed by atoms with van der Waals surface area (Å²) >= 11 is 0. The third kappa shape index (κ3) is 4.68. The molecule has 3 heteroatoms. The van der Waals surface area contributed by atoms with E-state index in [4.69, 9.17) is 5.11 Å². The zero-order chi connectivity index (χ0) is 9.56. The number of hydrogen-bond donors (Lipinski definition) is 1. The first-order chi connectivity index (χ1) is 5.57. The Morgan fingerprint density at radius 2 is 2.25 bits per heavy atom. The highest BCUT2D eigenvalue weighted by Gasteiger charge is 1.98. The Kier molecular flexibility index (Phi) is 5.04. The maximum atomic E-state index is 10.7. The van der Waals surface area contributed by atoms with Crippen molar-refractivity contribution in [2.75, 3.05) is 6.61 Å². The van der Waals surface area contributed by atoms with Crippen molar-refractivity contribution < 1.29 is 14.6 Å². The lowest BCUT2D eigenvalue weighted by atomic mass is 10.2. The minimum atomic E-state index is -0.629. The van der Waals surface area contributed by atoms with Crippen LogP contribution in [0.15, 0.2) is 24.3 Å². The van der Waals surface area contributed by atoms with Gasteiger partial charge in [-0.3, -0.25) is 0 Å². The maximum Gasteiger partial charge on any atom is 0.330 e. The van der Waals surface area contributed by atoms with E-state index in [2.05, 4.69) is 11.3 Å². The fourth-order valence-electron chi connectivity index (χ4n) is 0.505. The summed E-state index contributed by atoms with van der Waals surface area (Å²) in [7, 11) is 0. The van der Waals surface area contributed by atoms with Gasteiger partial charge in [-0.05, 0) is 25.5 Å². The molecule has 0 heterocycles. The standard InChI is InChI=1S/C9H14O3/c1-4-12-9(11)6-5-7(2)8(3)10/h5-6,8,10H,2,4H2,1,3H3/b6-5+/t8-/m0/s1. The number of hydrogen-bond acceptors (Lipinski definition) is 3. The number of rotatable bonds is 4. The van der Waals surface area contributed by atoms with Gasteiger partial charge < -0.3 is 9.84 Å². The molecular formula is C9H14O3. The lowest BCUT2D eigenvalue weighted by Crippen LogP contribution is -2.03. The molecular weight excluding hydrogens is 156 g/mol. The topological polar surface area (TPSA) is 46.5 Å². The number of aliphatic hydroxyl groups excluding tert-OH is 1. The van der Waals surface area contributed by atoms with Crippen LogP contribution in [0.1, 0.15) is 13.8 Å². The van der Waals surface area contributed by atoms with E-state index >= 15 is 0 Å². The van der Waals surface area contributed by atoms with Crippen molar-refractivity contribution in [2.24, 2.45) is 0 Å².